The molecule has 0 amide bonds. The maximum atomic E-state index is 2.51. The summed E-state index contributed by atoms with van der Waals surface area (Å²) in [5, 5.41) is 10.6. The first-order chi connectivity index (χ1) is 26.8. The highest BCUT2D eigenvalue weighted by Gasteiger charge is 2.37. The van der Waals surface area contributed by atoms with Gasteiger partial charge in [0.05, 0.1) is 0 Å². The Hall–Kier alpha value is -6.02. The SMILES string of the molecule is CC1(C)c2ccccc2-c2ccc(-c3c4ccccc4c(-c4ccc5c(c4)-c4cc6c(ccc7c8ccccc8sc67)cc4C5(C)C)c4ccccc34)cc21. The van der Waals surface area contributed by atoms with E-state index >= 15 is 0 Å². The van der Waals surface area contributed by atoms with Gasteiger partial charge in [0, 0.05) is 36.4 Å². The number of benzene rings is 9. The van der Waals surface area contributed by atoms with Gasteiger partial charge < -0.3 is 0 Å². The second-order valence-electron chi connectivity index (χ2n) is 16.8. The minimum atomic E-state index is -0.0957. The van der Waals surface area contributed by atoms with Crippen LogP contribution in [0.25, 0.3) is 97.0 Å². The molecule has 55 heavy (non-hydrogen) atoms. The minimum Gasteiger partial charge on any atom is -0.135 e. The van der Waals surface area contributed by atoms with Crippen LogP contribution in [-0.2, 0) is 10.8 Å². The van der Waals surface area contributed by atoms with Gasteiger partial charge in [0.25, 0.3) is 0 Å². The summed E-state index contributed by atoms with van der Waals surface area (Å²) in [4.78, 5) is 0. The van der Waals surface area contributed by atoms with Gasteiger partial charge in [-0.15, -0.1) is 11.3 Å². The standard InChI is InChI=1S/C54H38S/c1-53(2)45-19-11-9-13-34(45)35-24-22-33(29-47(35)53)51-39-17-7-5-15-37(39)50(38-16-6-8-18-40(38)51)32-23-26-46-43(27-32)44-30-42-31(28-48(44)54(46,3)4)21-25-41-36-14-10-12-20-49(36)55-52(41)42/h5-30H,1-4H3. The first-order valence-corrected chi connectivity index (χ1v) is 20.3. The van der Waals surface area contributed by atoms with Gasteiger partial charge in [-0.3, -0.25) is 0 Å². The molecule has 0 radical (unpaired) electrons. The van der Waals surface area contributed by atoms with E-state index in [2.05, 4.69) is 185 Å². The molecule has 0 aliphatic heterocycles. The zero-order valence-corrected chi connectivity index (χ0v) is 32.2. The van der Waals surface area contributed by atoms with Crippen LogP contribution in [0.15, 0.2) is 158 Å². The highest BCUT2D eigenvalue weighted by atomic mass is 32.1. The van der Waals surface area contributed by atoms with Crippen molar-refractivity contribution in [1.29, 1.82) is 0 Å². The number of rotatable bonds is 2. The summed E-state index contributed by atoms with van der Waals surface area (Å²) in [6, 6.07) is 60.1. The average Bonchev–Trinajstić information content (AvgIpc) is 3.78. The van der Waals surface area contributed by atoms with Gasteiger partial charge in [-0.2, -0.15) is 0 Å². The summed E-state index contributed by atoms with van der Waals surface area (Å²) in [5.41, 5.74) is 16.1. The fourth-order valence-corrected chi connectivity index (χ4v) is 11.7. The van der Waals surface area contributed by atoms with Crippen molar-refractivity contribution in [2.75, 3.05) is 0 Å². The molecule has 260 valence electrons. The molecule has 2 aliphatic carbocycles. The van der Waals surface area contributed by atoms with Crippen molar-refractivity contribution in [2.24, 2.45) is 0 Å². The summed E-state index contributed by atoms with van der Waals surface area (Å²) in [7, 11) is 0. The van der Waals surface area contributed by atoms with Crippen LogP contribution in [0, 0.1) is 0 Å². The maximum Gasteiger partial charge on any atom is 0.0434 e. The molecule has 0 nitrogen and oxygen atoms in total. The topological polar surface area (TPSA) is 0 Å². The van der Waals surface area contributed by atoms with Gasteiger partial charge >= 0.3 is 0 Å². The highest BCUT2D eigenvalue weighted by molar-refractivity contribution is 7.26. The van der Waals surface area contributed by atoms with Gasteiger partial charge in [-0.25, -0.2) is 0 Å². The quantitative estimate of drug-likeness (QED) is 0.156. The molecule has 0 fully saturated rings. The molecule has 0 bridgehead atoms. The van der Waals surface area contributed by atoms with Gasteiger partial charge in [0.1, 0.15) is 0 Å². The van der Waals surface area contributed by atoms with Crippen LogP contribution in [0.3, 0.4) is 0 Å². The molecule has 0 N–H and O–H groups in total. The monoisotopic (exact) mass is 718 g/mol. The third-order valence-electron chi connectivity index (χ3n) is 13.2. The molecule has 0 saturated heterocycles. The summed E-state index contributed by atoms with van der Waals surface area (Å²) < 4.78 is 2.74. The van der Waals surface area contributed by atoms with E-state index < -0.39 is 0 Å². The molecule has 9 aromatic carbocycles. The Labute approximate surface area is 325 Å². The minimum absolute atomic E-state index is 0.0595. The molecule has 0 saturated carbocycles. The Morgan fingerprint density at radius 2 is 0.873 bits per heavy atom. The third-order valence-corrected chi connectivity index (χ3v) is 14.5. The Kier molecular flexibility index (Phi) is 6.16. The lowest BCUT2D eigenvalue weighted by Gasteiger charge is -2.23. The molecular formula is C54H38S. The molecule has 0 spiro atoms. The molecule has 10 aromatic rings. The van der Waals surface area contributed by atoms with Gasteiger partial charge in [0.15, 0.2) is 0 Å². The Balaban J connectivity index is 1.09. The summed E-state index contributed by atoms with van der Waals surface area (Å²) in [5.74, 6) is 0. The molecule has 12 rings (SSSR count). The molecule has 0 atom stereocenters. The van der Waals surface area contributed by atoms with E-state index in [9.17, 15) is 0 Å². The largest absolute Gasteiger partial charge is 0.135 e. The smallest absolute Gasteiger partial charge is 0.0434 e. The van der Waals surface area contributed by atoms with E-state index in [4.69, 9.17) is 0 Å². The molecule has 1 aromatic heterocycles. The van der Waals surface area contributed by atoms with E-state index in [0.29, 0.717) is 0 Å². The normalized spacial score (nSPS) is 14.8. The molecule has 1 heteroatoms. The predicted octanol–water partition coefficient (Wildman–Crippen LogP) is 15.5. The lowest BCUT2D eigenvalue weighted by Crippen LogP contribution is -2.14. The van der Waals surface area contributed by atoms with Gasteiger partial charge in [-0.1, -0.05) is 155 Å². The highest BCUT2D eigenvalue weighted by Crippen LogP contribution is 2.54. The van der Waals surface area contributed by atoms with Crippen molar-refractivity contribution >= 4 is 63.8 Å². The first-order valence-electron chi connectivity index (χ1n) is 19.5. The van der Waals surface area contributed by atoms with Crippen molar-refractivity contribution < 1.29 is 0 Å². The molecule has 1 heterocycles. The average molecular weight is 719 g/mol. The van der Waals surface area contributed by atoms with Crippen molar-refractivity contribution in [3.05, 3.63) is 180 Å². The Bertz CT molecular complexity index is 3260. The summed E-state index contributed by atoms with van der Waals surface area (Å²) >= 11 is 1.92. The molecular weight excluding hydrogens is 681 g/mol. The van der Waals surface area contributed by atoms with E-state index in [0.717, 1.165) is 0 Å². The zero-order chi connectivity index (χ0) is 36.8. The van der Waals surface area contributed by atoms with Gasteiger partial charge in [-0.05, 0) is 124 Å². The van der Waals surface area contributed by atoms with Crippen LogP contribution < -0.4 is 0 Å². The van der Waals surface area contributed by atoms with E-state index in [-0.39, 0.29) is 10.8 Å². The lowest BCUT2D eigenvalue weighted by atomic mass is 9.80. The third kappa shape index (κ3) is 4.12. The number of fused-ring (bicyclic) bond motifs is 13. The van der Waals surface area contributed by atoms with Crippen LogP contribution in [0.1, 0.15) is 49.9 Å². The Morgan fingerprint density at radius 1 is 0.345 bits per heavy atom. The van der Waals surface area contributed by atoms with E-state index in [1.807, 2.05) is 11.3 Å². The zero-order valence-electron chi connectivity index (χ0n) is 31.4. The lowest BCUT2D eigenvalue weighted by molar-refractivity contribution is 0.660. The van der Waals surface area contributed by atoms with Crippen LogP contribution in [0.5, 0.6) is 0 Å². The second kappa shape index (κ2) is 10.8. The second-order valence-corrected chi connectivity index (χ2v) is 17.9. The number of thiophene rings is 1. The van der Waals surface area contributed by atoms with Crippen LogP contribution in [0.2, 0.25) is 0 Å². The Morgan fingerprint density at radius 3 is 1.58 bits per heavy atom. The van der Waals surface area contributed by atoms with Crippen LogP contribution in [-0.4, -0.2) is 0 Å². The predicted molar refractivity (Wildman–Crippen MR) is 238 cm³/mol. The summed E-state index contributed by atoms with van der Waals surface area (Å²) in [6.45, 7) is 9.55. The molecule has 2 aliphatic rings. The van der Waals surface area contributed by atoms with E-state index in [1.165, 1.54) is 119 Å². The fourth-order valence-electron chi connectivity index (χ4n) is 10.5. The van der Waals surface area contributed by atoms with Crippen molar-refractivity contribution in [3.8, 4) is 44.5 Å². The summed E-state index contributed by atoms with van der Waals surface area (Å²) in [6.07, 6.45) is 0. The van der Waals surface area contributed by atoms with Gasteiger partial charge in [0.2, 0.25) is 0 Å². The number of hydrogen-bond acceptors (Lipinski definition) is 1. The fraction of sp³-hybridized carbons (Fsp3) is 0.111. The molecule has 0 unspecified atom stereocenters. The van der Waals surface area contributed by atoms with Crippen molar-refractivity contribution in [1.82, 2.24) is 0 Å². The van der Waals surface area contributed by atoms with Crippen LogP contribution in [0.4, 0.5) is 0 Å². The van der Waals surface area contributed by atoms with Crippen molar-refractivity contribution in [2.45, 2.75) is 38.5 Å². The van der Waals surface area contributed by atoms with E-state index in [1.54, 1.807) is 0 Å². The van der Waals surface area contributed by atoms with Crippen molar-refractivity contribution in [3.63, 3.8) is 0 Å². The van der Waals surface area contributed by atoms with Crippen LogP contribution >= 0.6 is 11.3 Å². The first kappa shape index (κ1) is 31.3. The maximum absolute atomic E-state index is 2.51. The number of hydrogen-bond donors (Lipinski definition) is 0.